The second-order valence-electron chi connectivity index (χ2n) is 3.98. The fraction of sp³-hybridized carbons (Fsp3) is 0.417. The molecule has 4 heteroatoms. The van der Waals surface area contributed by atoms with Crippen molar-refractivity contribution in [1.82, 2.24) is 15.3 Å². The minimum Gasteiger partial charge on any atom is -0.469 e. The van der Waals surface area contributed by atoms with Gasteiger partial charge in [-0.05, 0) is 25.5 Å². The lowest BCUT2D eigenvalue weighted by molar-refractivity contribution is 0.458. The zero-order chi connectivity index (χ0) is 11.2. The van der Waals surface area contributed by atoms with E-state index in [2.05, 4.69) is 22.2 Å². The molecule has 1 atom stereocenters. The van der Waals surface area contributed by atoms with Gasteiger partial charge in [-0.1, -0.05) is 0 Å². The Labute approximate surface area is 95.1 Å². The van der Waals surface area contributed by atoms with Crippen LogP contribution in [0.1, 0.15) is 24.8 Å². The third kappa shape index (κ3) is 3.24. The Morgan fingerprint density at radius 2 is 2.50 bits per heavy atom. The van der Waals surface area contributed by atoms with Crippen LogP contribution in [0.15, 0.2) is 35.3 Å². The quantitative estimate of drug-likeness (QED) is 0.782. The molecule has 2 aromatic heterocycles. The van der Waals surface area contributed by atoms with Gasteiger partial charge in [0.2, 0.25) is 0 Å². The average molecular weight is 219 g/mol. The molecular formula is C12H17N3O. The lowest BCUT2D eigenvalue weighted by atomic mass is 10.1. The molecule has 0 saturated carbocycles. The Balaban J connectivity index is 1.66. The van der Waals surface area contributed by atoms with Crippen molar-refractivity contribution in [3.8, 4) is 0 Å². The number of aryl methyl sites for hydroxylation is 1. The number of aromatic nitrogens is 2. The van der Waals surface area contributed by atoms with Gasteiger partial charge < -0.3 is 14.7 Å². The van der Waals surface area contributed by atoms with Crippen LogP contribution in [0.4, 0.5) is 0 Å². The molecule has 0 aliphatic rings. The van der Waals surface area contributed by atoms with Crippen LogP contribution in [0.2, 0.25) is 0 Å². The molecule has 2 rings (SSSR count). The van der Waals surface area contributed by atoms with Crippen LogP contribution >= 0.6 is 0 Å². The fourth-order valence-corrected chi connectivity index (χ4v) is 1.58. The molecule has 0 radical (unpaired) electrons. The summed E-state index contributed by atoms with van der Waals surface area (Å²) in [5.41, 5.74) is 1.12. The van der Waals surface area contributed by atoms with Gasteiger partial charge in [0.05, 0.1) is 12.6 Å². The van der Waals surface area contributed by atoms with Gasteiger partial charge in [-0.2, -0.15) is 0 Å². The van der Waals surface area contributed by atoms with Crippen molar-refractivity contribution in [2.45, 2.75) is 32.4 Å². The zero-order valence-electron chi connectivity index (χ0n) is 9.44. The third-order valence-electron chi connectivity index (χ3n) is 2.60. The number of imidazole rings is 1. The van der Waals surface area contributed by atoms with Crippen LogP contribution in [-0.2, 0) is 13.0 Å². The Bertz CT molecular complexity index is 342. The lowest BCUT2D eigenvalue weighted by Crippen LogP contribution is -2.26. The predicted octanol–water partition coefficient (Wildman–Crippen LogP) is 2.11. The zero-order valence-corrected chi connectivity index (χ0v) is 9.44. The van der Waals surface area contributed by atoms with Crippen molar-refractivity contribution in [2.24, 2.45) is 0 Å². The van der Waals surface area contributed by atoms with E-state index in [4.69, 9.17) is 4.42 Å². The maximum Gasteiger partial charge on any atom is 0.103 e. The summed E-state index contributed by atoms with van der Waals surface area (Å²) in [6.07, 6.45) is 7.31. The summed E-state index contributed by atoms with van der Waals surface area (Å²) in [5.74, 6) is 1.05. The number of nitrogens with zero attached hydrogens (tertiary/aromatic N) is 1. The van der Waals surface area contributed by atoms with Crippen LogP contribution in [-0.4, -0.2) is 16.0 Å². The number of hydrogen-bond donors (Lipinski definition) is 2. The molecule has 0 spiro atoms. The van der Waals surface area contributed by atoms with Crippen molar-refractivity contribution >= 4 is 0 Å². The highest BCUT2D eigenvalue weighted by molar-refractivity contribution is 4.98. The monoisotopic (exact) mass is 219 g/mol. The van der Waals surface area contributed by atoms with E-state index in [1.54, 1.807) is 12.6 Å². The van der Waals surface area contributed by atoms with E-state index in [-0.39, 0.29) is 0 Å². The summed E-state index contributed by atoms with van der Waals surface area (Å²) >= 11 is 0. The highest BCUT2D eigenvalue weighted by atomic mass is 16.3. The normalized spacial score (nSPS) is 12.8. The molecular weight excluding hydrogens is 202 g/mol. The topological polar surface area (TPSA) is 53.9 Å². The Morgan fingerprint density at radius 1 is 1.56 bits per heavy atom. The van der Waals surface area contributed by atoms with E-state index < -0.39 is 0 Å². The maximum absolute atomic E-state index is 5.29. The largest absolute Gasteiger partial charge is 0.469 e. The minimum absolute atomic E-state index is 0.466. The first-order valence-corrected chi connectivity index (χ1v) is 5.57. The molecule has 0 aliphatic carbocycles. The number of H-pyrrole nitrogens is 1. The van der Waals surface area contributed by atoms with Gasteiger partial charge in [-0.15, -0.1) is 0 Å². The third-order valence-corrected chi connectivity index (χ3v) is 2.60. The van der Waals surface area contributed by atoms with Crippen molar-refractivity contribution in [3.05, 3.63) is 42.4 Å². The number of furan rings is 1. The second kappa shape index (κ2) is 5.51. The van der Waals surface area contributed by atoms with Gasteiger partial charge in [-0.25, -0.2) is 4.98 Å². The molecule has 0 aliphatic heterocycles. The van der Waals surface area contributed by atoms with Crippen molar-refractivity contribution < 1.29 is 4.42 Å². The van der Waals surface area contributed by atoms with Crippen molar-refractivity contribution in [1.29, 1.82) is 0 Å². The molecule has 0 aromatic carbocycles. The SMILES string of the molecule is CC(CCc1ccco1)NCc1cnc[nH]1. The molecule has 0 bridgehead atoms. The molecule has 0 fully saturated rings. The summed E-state index contributed by atoms with van der Waals surface area (Å²) in [5, 5.41) is 3.43. The molecule has 2 N–H and O–H groups in total. The van der Waals surface area contributed by atoms with E-state index in [1.807, 2.05) is 18.3 Å². The first-order valence-electron chi connectivity index (χ1n) is 5.57. The minimum atomic E-state index is 0.466. The van der Waals surface area contributed by atoms with Crippen LogP contribution in [0.3, 0.4) is 0 Å². The second-order valence-corrected chi connectivity index (χ2v) is 3.98. The molecule has 2 aromatic rings. The predicted molar refractivity (Wildman–Crippen MR) is 61.9 cm³/mol. The summed E-state index contributed by atoms with van der Waals surface area (Å²) in [6.45, 7) is 3.01. The summed E-state index contributed by atoms with van der Waals surface area (Å²) < 4.78 is 5.29. The molecule has 16 heavy (non-hydrogen) atoms. The van der Waals surface area contributed by atoms with Gasteiger partial charge >= 0.3 is 0 Å². The lowest BCUT2D eigenvalue weighted by Gasteiger charge is -2.11. The first-order chi connectivity index (χ1) is 7.84. The Hall–Kier alpha value is -1.55. The Morgan fingerprint density at radius 3 is 3.19 bits per heavy atom. The molecule has 4 nitrogen and oxygen atoms in total. The van der Waals surface area contributed by atoms with E-state index in [9.17, 15) is 0 Å². The van der Waals surface area contributed by atoms with Gasteiger partial charge in [-0.3, -0.25) is 0 Å². The van der Waals surface area contributed by atoms with E-state index in [0.29, 0.717) is 6.04 Å². The van der Waals surface area contributed by atoms with Gasteiger partial charge in [0.1, 0.15) is 5.76 Å². The van der Waals surface area contributed by atoms with Gasteiger partial charge in [0, 0.05) is 30.9 Å². The Kier molecular flexibility index (Phi) is 3.77. The first kappa shape index (κ1) is 11.0. The van der Waals surface area contributed by atoms with Crippen LogP contribution in [0, 0.1) is 0 Å². The van der Waals surface area contributed by atoms with Gasteiger partial charge in [0.25, 0.3) is 0 Å². The highest BCUT2D eigenvalue weighted by Gasteiger charge is 2.04. The van der Waals surface area contributed by atoms with Crippen LogP contribution in [0.25, 0.3) is 0 Å². The smallest absolute Gasteiger partial charge is 0.103 e. The molecule has 0 amide bonds. The van der Waals surface area contributed by atoms with Gasteiger partial charge in [0.15, 0.2) is 0 Å². The summed E-state index contributed by atoms with van der Waals surface area (Å²) in [7, 11) is 0. The van der Waals surface area contributed by atoms with E-state index in [1.165, 1.54) is 0 Å². The number of hydrogen-bond acceptors (Lipinski definition) is 3. The fourth-order valence-electron chi connectivity index (χ4n) is 1.58. The molecule has 2 heterocycles. The summed E-state index contributed by atoms with van der Waals surface area (Å²) in [4.78, 5) is 7.05. The van der Waals surface area contributed by atoms with E-state index >= 15 is 0 Å². The summed E-state index contributed by atoms with van der Waals surface area (Å²) in [6, 6.07) is 4.41. The number of aromatic amines is 1. The average Bonchev–Trinajstić information content (AvgIpc) is 2.96. The number of rotatable bonds is 6. The number of nitrogens with one attached hydrogen (secondary N) is 2. The highest BCUT2D eigenvalue weighted by Crippen LogP contribution is 2.06. The van der Waals surface area contributed by atoms with Crippen LogP contribution < -0.4 is 5.32 Å². The maximum atomic E-state index is 5.29. The van der Waals surface area contributed by atoms with Crippen LogP contribution in [0.5, 0.6) is 0 Å². The molecule has 86 valence electrons. The van der Waals surface area contributed by atoms with Crippen molar-refractivity contribution in [3.63, 3.8) is 0 Å². The van der Waals surface area contributed by atoms with Crippen molar-refractivity contribution in [2.75, 3.05) is 0 Å². The molecule has 0 saturated heterocycles. The molecule has 1 unspecified atom stereocenters. The standard InChI is InChI=1S/C12H17N3O/c1-10(4-5-12-3-2-6-16-12)14-8-11-7-13-9-15-11/h2-3,6-7,9-10,14H,4-5,8H2,1H3,(H,13,15). The van der Waals surface area contributed by atoms with E-state index in [0.717, 1.165) is 30.8 Å².